The molecule has 0 N–H and O–H groups in total. The molecule has 0 aliphatic carbocycles. The molecule has 0 saturated carbocycles. The summed E-state index contributed by atoms with van der Waals surface area (Å²) in [4.78, 5) is 13.1. The van der Waals surface area contributed by atoms with Gasteiger partial charge in [0.05, 0.1) is 18.8 Å². The summed E-state index contributed by atoms with van der Waals surface area (Å²) in [7, 11) is 0. The molecule has 70 valence electrons. The minimum absolute atomic E-state index is 0.274. The van der Waals surface area contributed by atoms with Crippen molar-refractivity contribution in [2.75, 3.05) is 26.3 Å². The van der Waals surface area contributed by atoms with E-state index in [9.17, 15) is 4.79 Å². The average Bonchev–Trinajstić information content (AvgIpc) is 2.18. The molecule has 12 heavy (non-hydrogen) atoms. The summed E-state index contributed by atoms with van der Waals surface area (Å²) in [6, 6.07) is 0. The Morgan fingerprint density at radius 3 is 2.50 bits per heavy atom. The molecule has 0 radical (unpaired) electrons. The van der Waals surface area contributed by atoms with Crippen molar-refractivity contribution in [3.8, 4) is 0 Å². The molecule has 0 aromatic carbocycles. The Morgan fingerprint density at radius 2 is 2.08 bits per heavy atom. The lowest BCUT2D eigenvalue weighted by Crippen LogP contribution is -2.52. The number of morpholine rings is 1. The molecule has 0 spiro atoms. The molecule has 1 aliphatic heterocycles. The third kappa shape index (κ3) is 1.84. The highest BCUT2D eigenvalue weighted by Crippen LogP contribution is 2.17. The van der Waals surface area contributed by atoms with Crippen LogP contribution in [0.3, 0.4) is 0 Å². The molecule has 0 aromatic heterocycles. The van der Waals surface area contributed by atoms with Crippen LogP contribution in [0.2, 0.25) is 0 Å². The van der Waals surface area contributed by atoms with Crippen molar-refractivity contribution < 1.29 is 9.53 Å². The maximum absolute atomic E-state index is 10.9. The van der Waals surface area contributed by atoms with Gasteiger partial charge in [-0.15, -0.1) is 0 Å². The second-order valence-corrected chi connectivity index (χ2v) is 3.43. The Hall–Kier alpha value is -0.410. The first-order valence-electron chi connectivity index (χ1n) is 4.52. The molecular formula is C9H17NO2. The van der Waals surface area contributed by atoms with E-state index in [1.165, 1.54) is 0 Å². The van der Waals surface area contributed by atoms with Crippen LogP contribution in [0.25, 0.3) is 0 Å². The molecule has 1 unspecified atom stereocenters. The van der Waals surface area contributed by atoms with Crippen LogP contribution in [0.15, 0.2) is 0 Å². The first-order chi connectivity index (χ1) is 5.73. The molecule has 1 heterocycles. The highest BCUT2D eigenvalue weighted by Gasteiger charge is 2.30. The van der Waals surface area contributed by atoms with E-state index in [1.807, 2.05) is 13.8 Å². The van der Waals surface area contributed by atoms with Crippen LogP contribution in [-0.4, -0.2) is 43.0 Å². The molecule has 3 heteroatoms. The first-order valence-corrected chi connectivity index (χ1v) is 4.52. The maximum Gasteiger partial charge on any atom is 0.139 e. The number of carbonyl (C=O) groups excluding carboxylic acids is 1. The lowest BCUT2D eigenvalue weighted by atomic mass is 9.98. The number of hydrogen-bond donors (Lipinski definition) is 0. The molecule has 0 bridgehead atoms. The van der Waals surface area contributed by atoms with Crippen LogP contribution in [0.1, 0.15) is 20.3 Å². The van der Waals surface area contributed by atoms with Gasteiger partial charge in [-0.3, -0.25) is 4.90 Å². The molecule has 1 atom stereocenters. The fourth-order valence-corrected chi connectivity index (χ4v) is 1.46. The highest BCUT2D eigenvalue weighted by atomic mass is 16.5. The number of carbonyl (C=O) groups is 1. The van der Waals surface area contributed by atoms with Gasteiger partial charge >= 0.3 is 0 Å². The predicted molar refractivity (Wildman–Crippen MR) is 47.2 cm³/mol. The summed E-state index contributed by atoms with van der Waals surface area (Å²) < 4.78 is 5.23. The van der Waals surface area contributed by atoms with Crippen molar-refractivity contribution in [2.24, 2.45) is 0 Å². The summed E-state index contributed by atoms with van der Waals surface area (Å²) >= 11 is 0. The van der Waals surface area contributed by atoms with Crippen molar-refractivity contribution in [3.05, 3.63) is 0 Å². The molecule has 1 rings (SSSR count). The van der Waals surface area contributed by atoms with E-state index in [4.69, 9.17) is 4.74 Å². The molecule has 1 fully saturated rings. The summed E-state index contributed by atoms with van der Waals surface area (Å²) in [6.07, 6.45) is 1.93. The van der Waals surface area contributed by atoms with Crippen molar-refractivity contribution in [1.29, 1.82) is 0 Å². The lowest BCUT2D eigenvalue weighted by molar-refractivity contribution is -0.121. The van der Waals surface area contributed by atoms with Crippen molar-refractivity contribution in [3.63, 3.8) is 0 Å². The Labute approximate surface area is 73.7 Å². The maximum atomic E-state index is 10.9. The summed E-state index contributed by atoms with van der Waals surface area (Å²) in [5.41, 5.74) is -0.274. The second kappa shape index (κ2) is 4.01. The van der Waals surface area contributed by atoms with E-state index in [1.54, 1.807) is 0 Å². The number of aldehydes is 1. The van der Waals surface area contributed by atoms with E-state index in [2.05, 4.69) is 4.90 Å². The van der Waals surface area contributed by atoms with E-state index >= 15 is 0 Å². The Morgan fingerprint density at radius 1 is 1.50 bits per heavy atom. The number of ether oxygens (including phenoxy) is 1. The Kier molecular flexibility index (Phi) is 3.23. The van der Waals surface area contributed by atoms with Gasteiger partial charge in [-0.25, -0.2) is 0 Å². The molecule has 0 aromatic rings. The third-order valence-corrected chi connectivity index (χ3v) is 2.70. The average molecular weight is 171 g/mol. The zero-order valence-corrected chi connectivity index (χ0v) is 7.88. The quantitative estimate of drug-likeness (QED) is 0.585. The van der Waals surface area contributed by atoms with Crippen LogP contribution < -0.4 is 0 Å². The smallest absolute Gasteiger partial charge is 0.139 e. The highest BCUT2D eigenvalue weighted by molar-refractivity contribution is 5.63. The van der Waals surface area contributed by atoms with Gasteiger partial charge in [0.1, 0.15) is 6.29 Å². The van der Waals surface area contributed by atoms with E-state index < -0.39 is 0 Å². The van der Waals surface area contributed by atoms with Gasteiger partial charge in [-0.2, -0.15) is 0 Å². The lowest BCUT2D eigenvalue weighted by Gasteiger charge is -2.38. The molecule has 3 nitrogen and oxygen atoms in total. The van der Waals surface area contributed by atoms with Gasteiger partial charge in [0.25, 0.3) is 0 Å². The predicted octanol–water partition coefficient (Wildman–Crippen LogP) is 0.686. The van der Waals surface area contributed by atoms with Crippen LogP contribution in [0.4, 0.5) is 0 Å². The fourth-order valence-electron chi connectivity index (χ4n) is 1.46. The van der Waals surface area contributed by atoms with Gasteiger partial charge < -0.3 is 9.53 Å². The van der Waals surface area contributed by atoms with Crippen LogP contribution in [-0.2, 0) is 9.53 Å². The van der Waals surface area contributed by atoms with Gasteiger partial charge in [0.2, 0.25) is 0 Å². The third-order valence-electron chi connectivity index (χ3n) is 2.70. The summed E-state index contributed by atoms with van der Waals surface area (Å²) in [6.45, 7) is 7.30. The van der Waals surface area contributed by atoms with Gasteiger partial charge in [0, 0.05) is 13.1 Å². The van der Waals surface area contributed by atoms with Gasteiger partial charge in [-0.05, 0) is 13.3 Å². The van der Waals surface area contributed by atoms with Crippen molar-refractivity contribution >= 4 is 6.29 Å². The van der Waals surface area contributed by atoms with Crippen LogP contribution in [0, 0.1) is 0 Å². The fraction of sp³-hybridized carbons (Fsp3) is 0.889. The number of nitrogens with zero attached hydrogens (tertiary/aromatic N) is 1. The Bertz CT molecular complexity index is 155. The van der Waals surface area contributed by atoms with E-state index in [0.717, 1.165) is 39.0 Å². The SMILES string of the molecule is CCC(C)(C=O)N1CCOCC1. The summed E-state index contributed by atoms with van der Waals surface area (Å²) in [5.74, 6) is 0. The van der Waals surface area contributed by atoms with Crippen molar-refractivity contribution in [2.45, 2.75) is 25.8 Å². The Balaban J connectivity index is 2.57. The van der Waals surface area contributed by atoms with Gasteiger partial charge in [0.15, 0.2) is 0 Å². The number of rotatable bonds is 3. The molecule has 1 saturated heterocycles. The van der Waals surface area contributed by atoms with Crippen LogP contribution in [0.5, 0.6) is 0 Å². The minimum Gasteiger partial charge on any atom is -0.379 e. The van der Waals surface area contributed by atoms with Crippen molar-refractivity contribution in [1.82, 2.24) is 4.90 Å². The monoisotopic (exact) mass is 171 g/mol. The molecule has 0 amide bonds. The van der Waals surface area contributed by atoms with Gasteiger partial charge in [-0.1, -0.05) is 6.92 Å². The summed E-state index contributed by atoms with van der Waals surface area (Å²) in [5, 5.41) is 0. The minimum atomic E-state index is -0.274. The topological polar surface area (TPSA) is 29.5 Å². The first kappa shape index (κ1) is 9.68. The molecule has 1 aliphatic rings. The standard InChI is InChI=1S/C9H17NO2/c1-3-9(2,8-11)10-4-6-12-7-5-10/h8H,3-7H2,1-2H3. The number of hydrogen-bond acceptors (Lipinski definition) is 3. The zero-order valence-electron chi connectivity index (χ0n) is 7.88. The molecular weight excluding hydrogens is 154 g/mol. The van der Waals surface area contributed by atoms with E-state index in [-0.39, 0.29) is 5.54 Å². The van der Waals surface area contributed by atoms with E-state index in [0.29, 0.717) is 0 Å². The second-order valence-electron chi connectivity index (χ2n) is 3.43. The van der Waals surface area contributed by atoms with Crippen LogP contribution >= 0.6 is 0 Å². The largest absolute Gasteiger partial charge is 0.379 e. The normalized spacial score (nSPS) is 24.8. The zero-order chi connectivity index (χ0) is 9.03.